The van der Waals surface area contributed by atoms with E-state index in [1.54, 1.807) is 7.05 Å². The van der Waals surface area contributed by atoms with Crippen LogP contribution in [-0.2, 0) is 19.6 Å². The molecule has 0 spiro atoms. The van der Waals surface area contributed by atoms with Crippen molar-refractivity contribution >= 4 is 27.5 Å². The molecule has 126 valence electrons. The van der Waals surface area contributed by atoms with Gasteiger partial charge in [-0.05, 0) is 29.7 Å². The monoisotopic (exact) mass is 338 g/mol. The predicted octanol–water partition coefficient (Wildman–Crippen LogP) is 2.01. The fraction of sp³-hybridized carbons (Fsp3) is 0.500. The van der Waals surface area contributed by atoms with E-state index in [0.29, 0.717) is 12.2 Å². The van der Waals surface area contributed by atoms with Crippen LogP contribution in [0.2, 0.25) is 0 Å². The van der Waals surface area contributed by atoms with Crippen LogP contribution in [-0.4, -0.2) is 38.1 Å². The Morgan fingerprint density at radius 2 is 1.52 bits per heavy atom. The Kier molecular flexibility index (Phi) is 4.64. The van der Waals surface area contributed by atoms with Gasteiger partial charge >= 0.3 is 0 Å². The van der Waals surface area contributed by atoms with Crippen molar-refractivity contribution in [3.63, 3.8) is 0 Å². The van der Waals surface area contributed by atoms with Gasteiger partial charge < -0.3 is 0 Å². The molecule has 0 aliphatic carbocycles. The average molecular weight is 338 g/mol. The van der Waals surface area contributed by atoms with Gasteiger partial charge in [0.05, 0.1) is 10.6 Å². The van der Waals surface area contributed by atoms with Gasteiger partial charge in [0, 0.05) is 26.4 Å². The highest BCUT2D eigenvalue weighted by Crippen LogP contribution is 2.26. The van der Waals surface area contributed by atoms with Gasteiger partial charge in [-0.3, -0.25) is 14.5 Å². The minimum Gasteiger partial charge on any atom is -0.274 e. The fourth-order valence-corrected chi connectivity index (χ4v) is 3.96. The van der Waals surface area contributed by atoms with Gasteiger partial charge in [0.2, 0.25) is 21.8 Å². The molecule has 1 fully saturated rings. The number of amides is 2. The standard InChI is InChI=1S/C16H22N2O4S/c1-16(2,3)11-17(4)23(21,22)13-7-5-12(6-8-13)18-14(19)9-10-15(18)20/h5-8H,9-11H2,1-4H3. The molecule has 0 bridgehead atoms. The van der Waals surface area contributed by atoms with Crippen LogP contribution in [0.25, 0.3) is 0 Å². The highest BCUT2D eigenvalue weighted by Gasteiger charge is 2.31. The van der Waals surface area contributed by atoms with Gasteiger partial charge in [0.25, 0.3) is 0 Å². The number of benzene rings is 1. The molecule has 23 heavy (non-hydrogen) atoms. The van der Waals surface area contributed by atoms with Crippen LogP contribution in [0.3, 0.4) is 0 Å². The lowest BCUT2D eigenvalue weighted by molar-refractivity contribution is -0.121. The van der Waals surface area contributed by atoms with Crippen molar-refractivity contribution in [3.8, 4) is 0 Å². The third kappa shape index (κ3) is 3.79. The number of nitrogens with zero attached hydrogens (tertiary/aromatic N) is 2. The Bertz CT molecular complexity index is 701. The van der Waals surface area contributed by atoms with E-state index in [1.165, 1.54) is 28.6 Å². The molecule has 1 heterocycles. The molecule has 1 aliphatic rings. The number of carbonyl (C=O) groups is 2. The van der Waals surface area contributed by atoms with Gasteiger partial charge in [-0.25, -0.2) is 12.7 Å². The van der Waals surface area contributed by atoms with Crippen molar-refractivity contribution in [1.29, 1.82) is 0 Å². The summed E-state index contributed by atoms with van der Waals surface area (Å²) in [6.45, 7) is 6.28. The second kappa shape index (κ2) is 6.05. The first-order valence-electron chi connectivity index (χ1n) is 7.44. The van der Waals surface area contributed by atoms with Gasteiger partial charge in [-0.1, -0.05) is 20.8 Å². The molecule has 7 heteroatoms. The normalized spacial score (nSPS) is 16.5. The fourth-order valence-electron chi connectivity index (χ4n) is 2.56. The summed E-state index contributed by atoms with van der Waals surface area (Å²) in [6, 6.07) is 5.86. The molecule has 2 amide bonds. The zero-order chi connectivity index (χ0) is 17.4. The molecule has 0 radical (unpaired) electrons. The van der Waals surface area contributed by atoms with E-state index in [2.05, 4.69) is 0 Å². The maximum atomic E-state index is 12.5. The van der Waals surface area contributed by atoms with E-state index in [-0.39, 0.29) is 35.0 Å². The summed E-state index contributed by atoms with van der Waals surface area (Å²) in [5, 5.41) is 0. The van der Waals surface area contributed by atoms with Crippen LogP contribution in [0.15, 0.2) is 29.2 Å². The molecule has 1 saturated heterocycles. The van der Waals surface area contributed by atoms with Crippen molar-refractivity contribution in [1.82, 2.24) is 4.31 Å². The summed E-state index contributed by atoms with van der Waals surface area (Å²) >= 11 is 0. The zero-order valence-electron chi connectivity index (χ0n) is 13.9. The van der Waals surface area contributed by atoms with Crippen molar-refractivity contribution in [2.45, 2.75) is 38.5 Å². The lowest BCUT2D eigenvalue weighted by atomic mass is 9.97. The maximum absolute atomic E-state index is 12.5. The summed E-state index contributed by atoms with van der Waals surface area (Å²) in [7, 11) is -2.05. The summed E-state index contributed by atoms with van der Waals surface area (Å²) < 4.78 is 26.4. The molecular formula is C16H22N2O4S. The second-order valence-electron chi connectivity index (χ2n) is 6.94. The number of rotatable bonds is 4. The van der Waals surface area contributed by atoms with E-state index >= 15 is 0 Å². The van der Waals surface area contributed by atoms with Gasteiger partial charge in [0.1, 0.15) is 0 Å². The topological polar surface area (TPSA) is 74.8 Å². The number of anilines is 1. The Balaban J connectivity index is 2.25. The SMILES string of the molecule is CN(CC(C)(C)C)S(=O)(=O)c1ccc(N2C(=O)CCC2=O)cc1. The van der Waals surface area contributed by atoms with Crippen LogP contribution in [0.1, 0.15) is 33.6 Å². The summed E-state index contributed by atoms with van der Waals surface area (Å²) in [4.78, 5) is 24.7. The number of carbonyl (C=O) groups excluding carboxylic acids is 2. The quantitative estimate of drug-likeness (QED) is 0.787. The number of hydrogen-bond acceptors (Lipinski definition) is 4. The molecule has 1 aromatic carbocycles. The molecule has 6 nitrogen and oxygen atoms in total. The highest BCUT2D eigenvalue weighted by molar-refractivity contribution is 7.89. The van der Waals surface area contributed by atoms with Crippen LogP contribution in [0.4, 0.5) is 5.69 Å². The van der Waals surface area contributed by atoms with Crippen molar-refractivity contribution < 1.29 is 18.0 Å². The molecule has 0 unspecified atom stereocenters. The minimum absolute atomic E-state index is 0.145. The molecule has 1 aromatic rings. The molecule has 0 saturated carbocycles. The Labute approximate surface area is 137 Å². The predicted molar refractivity (Wildman–Crippen MR) is 87.4 cm³/mol. The van der Waals surface area contributed by atoms with Crippen LogP contribution in [0.5, 0.6) is 0 Å². The van der Waals surface area contributed by atoms with E-state index in [4.69, 9.17) is 0 Å². The first-order chi connectivity index (χ1) is 10.5. The lowest BCUT2D eigenvalue weighted by Gasteiger charge is -2.26. The summed E-state index contributed by atoms with van der Waals surface area (Å²) in [5.74, 6) is -0.508. The van der Waals surface area contributed by atoms with E-state index in [0.717, 1.165) is 4.90 Å². The Morgan fingerprint density at radius 3 is 1.96 bits per heavy atom. The van der Waals surface area contributed by atoms with Gasteiger partial charge in [0.15, 0.2) is 0 Å². The number of hydrogen-bond donors (Lipinski definition) is 0. The number of imide groups is 1. The van der Waals surface area contributed by atoms with Crippen LogP contribution in [0, 0.1) is 5.41 Å². The minimum atomic E-state index is -3.59. The van der Waals surface area contributed by atoms with Gasteiger partial charge in [-0.2, -0.15) is 0 Å². The second-order valence-corrected chi connectivity index (χ2v) is 8.98. The number of sulfonamides is 1. The Hall–Kier alpha value is -1.73. The third-order valence-electron chi connectivity index (χ3n) is 3.55. The van der Waals surface area contributed by atoms with E-state index in [9.17, 15) is 18.0 Å². The third-order valence-corrected chi connectivity index (χ3v) is 5.37. The van der Waals surface area contributed by atoms with E-state index < -0.39 is 10.0 Å². The molecule has 0 atom stereocenters. The van der Waals surface area contributed by atoms with Crippen molar-refractivity contribution in [3.05, 3.63) is 24.3 Å². The molecule has 0 N–H and O–H groups in total. The lowest BCUT2D eigenvalue weighted by Crippen LogP contribution is -2.34. The molecular weight excluding hydrogens is 316 g/mol. The average Bonchev–Trinajstić information content (AvgIpc) is 2.76. The van der Waals surface area contributed by atoms with Crippen molar-refractivity contribution in [2.24, 2.45) is 5.41 Å². The van der Waals surface area contributed by atoms with Crippen LogP contribution >= 0.6 is 0 Å². The summed E-state index contributed by atoms with van der Waals surface area (Å²) in [5.41, 5.74) is 0.255. The molecule has 2 rings (SSSR count). The van der Waals surface area contributed by atoms with E-state index in [1.807, 2.05) is 20.8 Å². The molecule has 1 aliphatic heterocycles. The Morgan fingerprint density at radius 1 is 1.04 bits per heavy atom. The first-order valence-corrected chi connectivity index (χ1v) is 8.88. The maximum Gasteiger partial charge on any atom is 0.242 e. The smallest absolute Gasteiger partial charge is 0.242 e. The highest BCUT2D eigenvalue weighted by atomic mass is 32.2. The zero-order valence-corrected chi connectivity index (χ0v) is 14.7. The molecule has 0 aromatic heterocycles. The summed E-state index contributed by atoms with van der Waals surface area (Å²) in [6.07, 6.45) is 0.403. The first kappa shape index (κ1) is 17.6. The van der Waals surface area contributed by atoms with Crippen molar-refractivity contribution in [2.75, 3.05) is 18.5 Å². The van der Waals surface area contributed by atoms with Crippen LogP contribution < -0.4 is 4.90 Å². The largest absolute Gasteiger partial charge is 0.274 e. The van der Waals surface area contributed by atoms with Gasteiger partial charge in [-0.15, -0.1) is 0 Å².